The van der Waals surface area contributed by atoms with Crippen LogP contribution in [0.5, 0.6) is 0 Å². The average Bonchev–Trinajstić information content (AvgIpc) is 3.29. The van der Waals surface area contributed by atoms with E-state index in [-0.39, 0.29) is 24.9 Å². The van der Waals surface area contributed by atoms with Crippen LogP contribution < -0.4 is 5.32 Å². The summed E-state index contributed by atoms with van der Waals surface area (Å²) in [6.07, 6.45) is 62.1. The van der Waals surface area contributed by atoms with Gasteiger partial charge in [0.05, 0.1) is 25.2 Å². The average molecular weight is 901 g/mol. The van der Waals surface area contributed by atoms with Gasteiger partial charge in [0.2, 0.25) is 5.91 Å². The SMILES string of the molecule is CCCCC/C=C\C/C=C\C/C=C\CCCCC(CC(=O)NC(CO)C(O)CCCCCCCCCCCCCCC)OC(=O)CCCCCCCCCCCCCCCCCCC. The van der Waals surface area contributed by atoms with Crippen LogP contribution in [-0.4, -0.2) is 46.9 Å². The highest BCUT2D eigenvalue weighted by atomic mass is 16.5. The van der Waals surface area contributed by atoms with Crippen LogP contribution in [0.4, 0.5) is 0 Å². The lowest BCUT2D eigenvalue weighted by molar-refractivity contribution is -0.151. The Bertz CT molecular complexity index is 1060. The molecule has 3 unspecified atom stereocenters. The highest BCUT2D eigenvalue weighted by Crippen LogP contribution is 2.18. The molecule has 0 aliphatic carbocycles. The summed E-state index contributed by atoms with van der Waals surface area (Å²) in [4.78, 5) is 26.2. The van der Waals surface area contributed by atoms with Gasteiger partial charge in [-0.1, -0.05) is 256 Å². The zero-order valence-corrected chi connectivity index (χ0v) is 42.9. The number of ether oxygens (including phenoxy) is 1. The molecule has 3 N–H and O–H groups in total. The molecule has 0 saturated heterocycles. The Kier molecular flexibility index (Phi) is 50.5. The van der Waals surface area contributed by atoms with E-state index in [4.69, 9.17) is 4.74 Å². The first-order valence-electron chi connectivity index (χ1n) is 28.2. The molecule has 6 nitrogen and oxygen atoms in total. The second-order valence-electron chi connectivity index (χ2n) is 19.3. The van der Waals surface area contributed by atoms with Crippen molar-refractivity contribution < 1.29 is 24.5 Å². The fraction of sp³-hybridized carbons (Fsp3) is 0.862. The van der Waals surface area contributed by atoms with Crippen LogP contribution in [0, 0.1) is 0 Å². The molecule has 0 radical (unpaired) electrons. The molecule has 1 amide bonds. The molecule has 0 aromatic carbocycles. The summed E-state index contributed by atoms with van der Waals surface area (Å²) in [5.74, 6) is -0.496. The summed E-state index contributed by atoms with van der Waals surface area (Å²) < 4.78 is 5.94. The number of aliphatic hydroxyl groups excluding tert-OH is 2. The molecule has 0 rings (SSSR count). The highest BCUT2D eigenvalue weighted by Gasteiger charge is 2.24. The molecule has 6 heteroatoms. The third-order valence-electron chi connectivity index (χ3n) is 13.0. The van der Waals surface area contributed by atoms with Gasteiger partial charge < -0.3 is 20.3 Å². The van der Waals surface area contributed by atoms with Gasteiger partial charge in [-0.3, -0.25) is 9.59 Å². The van der Waals surface area contributed by atoms with E-state index in [1.54, 1.807) is 0 Å². The molecule has 0 heterocycles. The number of carbonyl (C=O) groups excluding carboxylic acids is 2. The molecule has 0 spiro atoms. The minimum atomic E-state index is -0.795. The molecular weight excluding hydrogens is 791 g/mol. The van der Waals surface area contributed by atoms with Crippen LogP contribution in [0.25, 0.3) is 0 Å². The number of hydrogen-bond acceptors (Lipinski definition) is 5. The Morgan fingerprint density at radius 3 is 1.22 bits per heavy atom. The fourth-order valence-corrected chi connectivity index (χ4v) is 8.67. The molecule has 0 saturated carbocycles. The molecule has 3 atom stereocenters. The molecule has 376 valence electrons. The lowest BCUT2D eigenvalue weighted by Gasteiger charge is -2.24. The Hall–Kier alpha value is -1.92. The Morgan fingerprint density at radius 1 is 0.453 bits per heavy atom. The largest absolute Gasteiger partial charge is 0.462 e. The number of carbonyl (C=O) groups is 2. The third-order valence-corrected chi connectivity index (χ3v) is 13.0. The Labute approximate surface area is 398 Å². The minimum absolute atomic E-state index is 0.0560. The number of unbranched alkanes of at least 4 members (excludes halogenated alkanes) is 33. The maximum Gasteiger partial charge on any atom is 0.306 e. The van der Waals surface area contributed by atoms with Gasteiger partial charge in [0.25, 0.3) is 0 Å². The van der Waals surface area contributed by atoms with E-state index in [1.807, 2.05) is 0 Å². The summed E-state index contributed by atoms with van der Waals surface area (Å²) >= 11 is 0. The van der Waals surface area contributed by atoms with Crippen LogP contribution in [0.15, 0.2) is 36.5 Å². The molecule has 0 aromatic rings. The smallest absolute Gasteiger partial charge is 0.306 e. The molecule has 0 bridgehead atoms. The number of hydrogen-bond donors (Lipinski definition) is 3. The number of aliphatic hydroxyl groups is 2. The fourth-order valence-electron chi connectivity index (χ4n) is 8.67. The first-order chi connectivity index (χ1) is 31.5. The first-order valence-corrected chi connectivity index (χ1v) is 28.2. The summed E-state index contributed by atoms with van der Waals surface area (Å²) in [5, 5.41) is 23.8. The van der Waals surface area contributed by atoms with Crippen molar-refractivity contribution in [2.75, 3.05) is 6.61 Å². The summed E-state index contributed by atoms with van der Waals surface area (Å²) in [5.41, 5.74) is 0. The second kappa shape index (κ2) is 52.1. The number of allylic oxidation sites excluding steroid dienone is 6. The normalized spacial score (nSPS) is 13.4. The molecule has 0 fully saturated rings. The molecule has 0 aliphatic rings. The van der Waals surface area contributed by atoms with Crippen molar-refractivity contribution in [3.8, 4) is 0 Å². The van der Waals surface area contributed by atoms with E-state index < -0.39 is 18.2 Å². The monoisotopic (exact) mass is 900 g/mol. The number of rotatable bonds is 51. The van der Waals surface area contributed by atoms with E-state index in [2.05, 4.69) is 62.5 Å². The topological polar surface area (TPSA) is 95.9 Å². The van der Waals surface area contributed by atoms with Gasteiger partial charge in [-0.2, -0.15) is 0 Å². The van der Waals surface area contributed by atoms with E-state index in [0.717, 1.165) is 70.6 Å². The van der Waals surface area contributed by atoms with Gasteiger partial charge >= 0.3 is 5.97 Å². The zero-order valence-electron chi connectivity index (χ0n) is 42.9. The standard InChI is InChI=1S/C58H109NO5/c1-4-7-10-13-16-19-22-25-27-28-30-33-36-39-42-45-48-51-58(63)64-54(49-46-43-40-37-34-32-29-26-23-20-17-14-11-8-5-2)52-57(62)59-55(53-60)56(61)50-47-44-41-38-35-31-24-21-18-15-12-9-6-3/h17,20,26,29,34,37,54-56,60-61H,4-16,18-19,21-25,27-28,30-33,35-36,38-53H2,1-3H3,(H,59,62)/b20-17-,29-26-,37-34-. The lowest BCUT2D eigenvalue weighted by Crippen LogP contribution is -2.46. The van der Waals surface area contributed by atoms with E-state index >= 15 is 0 Å². The quantitative estimate of drug-likeness (QED) is 0.0321. The van der Waals surface area contributed by atoms with Gasteiger partial charge in [0.15, 0.2) is 0 Å². The number of nitrogens with one attached hydrogen (secondary N) is 1. The Balaban J connectivity index is 4.58. The van der Waals surface area contributed by atoms with Crippen LogP contribution in [-0.2, 0) is 14.3 Å². The Morgan fingerprint density at radius 2 is 0.797 bits per heavy atom. The molecular formula is C58H109NO5. The lowest BCUT2D eigenvalue weighted by atomic mass is 10.0. The summed E-state index contributed by atoms with van der Waals surface area (Å²) in [6.45, 7) is 6.47. The van der Waals surface area contributed by atoms with Gasteiger partial charge in [0, 0.05) is 6.42 Å². The zero-order chi connectivity index (χ0) is 46.7. The maximum atomic E-state index is 13.2. The van der Waals surface area contributed by atoms with E-state index in [1.165, 1.54) is 180 Å². The molecule has 0 aliphatic heterocycles. The van der Waals surface area contributed by atoms with Crippen molar-refractivity contribution in [2.24, 2.45) is 0 Å². The van der Waals surface area contributed by atoms with Crippen molar-refractivity contribution in [1.82, 2.24) is 5.32 Å². The van der Waals surface area contributed by atoms with Crippen molar-refractivity contribution in [3.63, 3.8) is 0 Å². The second-order valence-corrected chi connectivity index (χ2v) is 19.3. The highest BCUT2D eigenvalue weighted by molar-refractivity contribution is 5.77. The first kappa shape index (κ1) is 62.1. The van der Waals surface area contributed by atoms with Crippen LogP contribution in [0.3, 0.4) is 0 Å². The van der Waals surface area contributed by atoms with E-state index in [0.29, 0.717) is 19.3 Å². The predicted molar refractivity (Wildman–Crippen MR) is 278 cm³/mol. The van der Waals surface area contributed by atoms with E-state index in [9.17, 15) is 19.8 Å². The number of amides is 1. The minimum Gasteiger partial charge on any atom is -0.462 e. The maximum absolute atomic E-state index is 13.2. The van der Waals surface area contributed by atoms with Crippen molar-refractivity contribution >= 4 is 11.9 Å². The molecule has 0 aromatic heterocycles. The van der Waals surface area contributed by atoms with Crippen molar-refractivity contribution in [1.29, 1.82) is 0 Å². The molecule has 64 heavy (non-hydrogen) atoms. The summed E-state index contributed by atoms with van der Waals surface area (Å²) in [6, 6.07) is -0.711. The van der Waals surface area contributed by atoms with Crippen molar-refractivity contribution in [2.45, 2.75) is 315 Å². The number of esters is 1. The van der Waals surface area contributed by atoms with Gasteiger partial charge in [0.1, 0.15) is 6.10 Å². The summed E-state index contributed by atoms with van der Waals surface area (Å²) in [7, 11) is 0. The van der Waals surface area contributed by atoms with Crippen LogP contribution >= 0.6 is 0 Å². The van der Waals surface area contributed by atoms with Gasteiger partial charge in [-0.15, -0.1) is 0 Å². The van der Waals surface area contributed by atoms with Gasteiger partial charge in [-0.25, -0.2) is 0 Å². The third kappa shape index (κ3) is 46.6. The van der Waals surface area contributed by atoms with Gasteiger partial charge in [-0.05, 0) is 64.2 Å². The van der Waals surface area contributed by atoms with Crippen molar-refractivity contribution in [3.05, 3.63) is 36.5 Å². The predicted octanol–water partition coefficient (Wildman–Crippen LogP) is 17.2. The van der Waals surface area contributed by atoms with Crippen LogP contribution in [0.2, 0.25) is 0 Å². The van der Waals surface area contributed by atoms with Crippen LogP contribution in [0.1, 0.15) is 297 Å².